The largest absolute Gasteiger partial charge is 0.349 e. The second-order valence-corrected chi connectivity index (χ2v) is 6.65. The van der Waals surface area contributed by atoms with Gasteiger partial charge in [-0.25, -0.2) is 0 Å². The number of ketones is 1. The number of hydrogen-bond donors (Lipinski definition) is 1. The van der Waals surface area contributed by atoms with E-state index < -0.39 is 11.7 Å². The van der Waals surface area contributed by atoms with Crippen molar-refractivity contribution in [2.45, 2.75) is 32.7 Å². The fraction of sp³-hybridized carbons (Fsp3) is 0.471. The van der Waals surface area contributed by atoms with Crippen LogP contribution in [-0.2, 0) is 9.59 Å². The Hall–Kier alpha value is -2.17. The molecule has 1 aliphatic rings. The average Bonchev–Trinajstić information content (AvgIpc) is 2.86. The van der Waals surface area contributed by atoms with Crippen LogP contribution >= 0.6 is 0 Å². The fourth-order valence-electron chi connectivity index (χ4n) is 2.60. The van der Waals surface area contributed by atoms with Crippen molar-refractivity contribution in [3.8, 4) is 0 Å². The van der Waals surface area contributed by atoms with Crippen molar-refractivity contribution in [1.82, 2.24) is 10.2 Å². The highest BCUT2D eigenvalue weighted by Gasteiger charge is 2.36. The summed E-state index contributed by atoms with van der Waals surface area (Å²) in [5, 5.41) is 2.65. The summed E-state index contributed by atoms with van der Waals surface area (Å²) in [6, 6.07) is 8.46. The van der Waals surface area contributed by atoms with Gasteiger partial charge in [0.05, 0.1) is 0 Å². The number of amides is 2. The van der Waals surface area contributed by atoms with Crippen LogP contribution in [0.5, 0.6) is 0 Å². The van der Waals surface area contributed by atoms with E-state index in [1.165, 1.54) is 0 Å². The Balaban J connectivity index is 1.88. The SMILES string of the molecule is CC(C)(C)N1C[C@@H](CNC(=O)C(=O)c2ccccc2)CC1=O. The van der Waals surface area contributed by atoms with Crippen LogP contribution in [0.1, 0.15) is 37.6 Å². The molecule has 1 heterocycles. The zero-order valence-corrected chi connectivity index (χ0v) is 13.3. The van der Waals surface area contributed by atoms with E-state index in [0.29, 0.717) is 25.1 Å². The molecule has 1 fully saturated rings. The zero-order valence-electron chi connectivity index (χ0n) is 13.3. The normalized spacial score (nSPS) is 18.4. The van der Waals surface area contributed by atoms with E-state index in [2.05, 4.69) is 5.32 Å². The molecule has 0 aromatic heterocycles. The molecule has 1 atom stereocenters. The van der Waals surface area contributed by atoms with Gasteiger partial charge >= 0.3 is 0 Å². The number of rotatable bonds is 4. The number of benzene rings is 1. The number of Topliss-reactive ketones (excluding diaryl/α,β-unsaturated/α-hetero) is 1. The van der Waals surface area contributed by atoms with Crippen LogP contribution in [0, 0.1) is 5.92 Å². The molecular weight excluding hydrogens is 280 g/mol. The molecule has 2 amide bonds. The van der Waals surface area contributed by atoms with Crippen molar-refractivity contribution >= 4 is 17.6 Å². The molecule has 1 saturated heterocycles. The first-order valence-corrected chi connectivity index (χ1v) is 7.47. The van der Waals surface area contributed by atoms with E-state index in [1.807, 2.05) is 25.7 Å². The first-order valence-electron chi connectivity index (χ1n) is 7.47. The Kier molecular flexibility index (Phi) is 4.64. The third-order valence-electron chi connectivity index (χ3n) is 3.81. The lowest BCUT2D eigenvalue weighted by molar-refractivity contribution is -0.131. The second kappa shape index (κ2) is 6.30. The molecule has 1 aliphatic heterocycles. The van der Waals surface area contributed by atoms with Gasteiger partial charge in [-0.2, -0.15) is 0 Å². The van der Waals surface area contributed by atoms with Crippen molar-refractivity contribution in [3.63, 3.8) is 0 Å². The lowest BCUT2D eigenvalue weighted by atomic mass is 10.1. The van der Waals surface area contributed by atoms with Gasteiger partial charge in [-0.05, 0) is 20.8 Å². The number of carbonyl (C=O) groups is 3. The maximum absolute atomic E-state index is 12.0. The minimum absolute atomic E-state index is 0.0549. The first-order chi connectivity index (χ1) is 10.3. The molecule has 5 nitrogen and oxygen atoms in total. The van der Waals surface area contributed by atoms with Gasteiger partial charge in [0.15, 0.2) is 0 Å². The molecule has 0 bridgehead atoms. The van der Waals surface area contributed by atoms with Crippen LogP contribution in [0.3, 0.4) is 0 Å². The summed E-state index contributed by atoms with van der Waals surface area (Å²) < 4.78 is 0. The Bertz CT molecular complexity index is 575. The van der Waals surface area contributed by atoms with Crippen LogP contribution < -0.4 is 5.32 Å². The van der Waals surface area contributed by atoms with Gasteiger partial charge in [0, 0.05) is 36.5 Å². The maximum atomic E-state index is 12.0. The quantitative estimate of drug-likeness (QED) is 0.679. The minimum Gasteiger partial charge on any atom is -0.349 e. The third-order valence-corrected chi connectivity index (χ3v) is 3.81. The molecular formula is C17H22N2O3. The molecule has 5 heteroatoms. The first kappa shape index (κ1) is 16.2. The van der Waals surface area contributed by atoms with E-state index in [4.69, 9.17) is 0 Å². The molecule has 0 spiro atoms. The summed E-state index contributed by atoms with van der Waals surface area (Å²) in [4.78, 5) is 37.6. The Morgan fingerprint density at radius 3 is 2.41 bits per heavy atom. The van der Waals surface area contributed by atoms with Gasteiger partial charge in [-0.15, -0.1) is 0 Å². The van der Waals surface area contributed by atoms with Crippen molar-refractivity contribution in [2.75, 3.05) is 13.1 Å². The smallest absolute Gasteiger partial charge is 0.292 e. The maximum Gasteiger partial charge on any atom is 0.292 e. The second-order valence-electron chi connectivity index (χ2n) is 6.65. The summed E-state index contributed by atoms with van der Waals surface area (Å²) in [5.41, 5.74) is 0.161. The van der Waals surface area contributed by atoms with Gasteiger partial charge < -0.3 is 10.2 Å². The number of carbonyl (C=O) groups excluding carboxylic acids is 3. The predicted octanol–water partition coefficient (Wildman–Crippen LogP) is 1.63. The molecule has 2 rings (SSSR count). The van der Waals surface area contributed by atoms with E-state index >= 15 is 0 Å². The average molecular weight is 302 g/mol. The van der Waals surface area contributed by atoms with Gasteiger partial charge in [0.25, 0.3) is 5.91 Å². The van der Waals surface area contributed by atoms with Gasteiger partial charge in [0.2, 0.25) is 11.7 Å². The molecule has 1 aromatic carbocycles. The Morgan fingerprint density at radius 1 is 1.23 bits per heavy atom. The van der Waals surface area contributed by atoms with E-state index in [-0.39, 0.29) is 17.4 Å². The van der Waals surface area contributed by atoms with Crippen molar-refractivity contribution < 1.29 is 14.4 Å². The molecule has 0 saturated carbocycles. The minimum atomic E-state index is -0.618. The van der Waals surface area contributed by atoms with Crippen LogP contribution in [-0.4, -0.2) is 41.1 Å². The number of likely N-dealkylation sites (tertiary alicyclic amines) is 1. The van der Waals surface area contributed by atoms with Crippen LogP contribution in [0.15, 0.2) is 30.3 Å². The van der Waals surface area contributed by atoms with Gasteiger partial charge in [-0.3, -0.25) is 14.4 Å². The Labute approximate surface area is 130 Å². The van der Waals surface area contributed by atoms with Crippen molar-refractivity contribution in [2.24, 2.45) is 5.92 Å². The summed E-state index contributed by atoms with van der Waals surface area (Å²) in [5.74, 6) is -1.01. The molecule has 0 radical (unpaired) electrons. The number of hydrogen-bond acceptors (Lipinski definition) is 3. The standard InChI is InChI=1S/C17H22N2O3/c1-17(2,3)19-11-12(9-14(19)20)10-18-16(22)15(21)13-7-5-4-6-8-13/h4-8,12H,9-11H2,1-3H3,(H,18,22)/t12-/m1/s1. The van der Waals surface area contributed by atoms with Gasteiger partial charge in [-0.1, -0.05) is 30.3 Å². The monoisotopic (exact) mass is 302 g/mol. The van der Waals surface area contributed by atoms with E-state index in [0.717, 1.165) is 0 Å². The highest BCUT2D eigenvalue weighted by molar-refractivity contribution is 6.42. The lowest BCUT2D eigenvalue weighted by Gasteiger charge is -2.32. The number of nitrogens with zero attached hydrogens (tertiary/aromatic N) is 1. The summed E-state index contributed by atoms with van der Waals surface area (Å²) >= 11 is 0. The highest BCUT2D eigenvalue weighted by atomic mass is 16.2. The summed E-state index contributed by atoms with van der Waals surface area (Å²) in [7, 11) is 0. The molecule has 118 valence electrons. The third kappa shape index (κ3) is 3.72. The van der Waals surface area contributed by atoms with Crippen molar-refractivity contribution in [3.05, 3.63) is 35.9 Å². The van der Waals surface area contributed by atoms with E-state index in [1.54, 1.807) is 30.3 Å². The number of nitrogens with one attached hydrogen (secondary N) is 1. The molecule has 0 unspecified atom stereocenters. The topological polar surface area (TPSA) is 66.5 Å². The molecule has 0 aliphatic carbocycles. The lowest BCUT2D eigenvalue weighted by Crippen LogP contribution is -2.43. The van der Waals surface area contributed by atoms with Crippen LogP contribution in [0.2, 0.25) is 0 Å². The molecule has 1 aromatic rings. The summed E-state index contributed by atoms with van der Waals surface area (Å²) in [6.45, 7) is 6.93. The zero-order chi connectivity index (χ0) is 16.3. The van der Waals surface area contributed by atoms with Gasteiger partial charge in [0.1, 0.15) is 0 Å². The molecule has 1 N–H and O–H groups in total. The summed E-state index contributed by atoms with van der Waals surface area (Å²) in [6.07, 6.45) is 0.414. The Morgan fingerprint density at radius 2 is 1.86 bits per heavy atom. The fourth-order valence-corrected chi connectivity index (χ4v) is 2.60. The van der Waals surface area contributed by atoms with Crippen LogP contribution in [0.25, 0.3) is 0 Å². The molecule has 22 heavy (non-hydrogen) atoms. The highest BCUT2D eigenvalue weighted by Crippen LogP contribution is 2.25. The van der Waals surface area contributed by atoms with Crippen molar-refractivity contribution in [1.29, 1.82) is 0 Å². The van der Waals surface area contributed by atoms with Crippen LogP contribution in [0.4, 0.5) is 0 Å². The van der Waals surface area contributed by atoms with E-state index in [9.17, 15) is 14.4 Å². The predicted molar refractivity (Wildman–Crippen MR) is 83.4 cm³/mol.